The highest BCUT2D eigenvalue weighted by Crippen LogP contribution is 2.49. The summed E-state index contributed by atoms with van der Waals surface area (Å²) in [4.78, 5) is 4.81. The smallest absolute Gasteiger partial charge is 0.0622 e. The zero-order valence-electron chi connectivity index (χ0n) is 31.2. The average Bonchev–Trinajstić information content (AvgIpc) is 3.82. The lowest BCUT2D eigenvalue weighted by atomic mass is 10.0. The van der Waals surface area contributed by atoms with Crippen LogP contribution in [0.4, 0.5) is 34.1 Å². The fourth-order valence-corrected chi connectivity index (χ4v) is 8.79. The molecule has 11 rings (SSSR count). The molecule has 268 valence electrons. The van der Waals surface area contributed by atoms with Crippen molar-refractivity contribution in [3.8, 4) is 22.3 Å². The van der Waals surface area contributed by atoms with Crippen molar-refractivity contribution in [3.05, 3.63) is 224 Å². The highest BCUT2D eigenvalue weighted by atomic mass is 15.2. The van der Waals surface area contributed by atoms with E-state index in [0.29, 0.717) is 0 Å². The van der Waals surface area contributed by atoms with Gasteiger partial charge in [0.15, 0.2) is 0 Å². The van der Waals surface area contributed by atoms with Gasteiger partial charge in [-0.1, -0.05) is 152 Å². The molecule has 0 aliphatic heterocycles. The highest BCUT2D eigenvalue weighted by Gasteiger charge is 2.25. The Morgan fingerprint density at radius 1 is 0.263 bits per heavy atom. The first-order valence-corrected chi connectivity index (χ1v) is 19.5. The largest absolute Gasteiger partial charge is 0.310 e. The van der Waals surface area contributed by atoms with Crippen LogP contribution in [0.3, 0.4) is 0 Å². The second kappa shape index (κ2) is 13.6. The van der Waals surface area contributed by atoms with Crippen molar-refractivity contribution in [3.63, 3.8) is 0 Å². The van der Waals surface area contributed by atoms with Gasteiger partial charge in [0, 0.05) is 44.3 Å². The number of benzene rings is 9. The molecule has 57 heavy (non-hydrogen) atoms. The van der Waals surface area contributed by atoms with Crippen LogP contribution in [0.1, 0.15) is 0 Å². The Bertz CT molecular complexity index is 2930. The first-order valence-electron chi connectivity index (χ1n) is 19.5. The predicted octanol–water partition coefficient (Wildman–Crippen LogP) is 15.1. The standard InChI is InChI=1S/C54H37N3/c1-5-16-38(17-6-1)40-30-34-44(35-31-40)55(42-20-9-3-10-21-42)48-26-14-28-50-52(48)46-24-13-25-47-53-49(27-15-29-51(53)57(50)54(46)47)56(43-22-11-4-12-23-43)45-36-32-41(33-37-45)39-18-7-2-8-19-39/h1-37H. The van der Waals surface area contributed by atoms with Crippen molar-refractivity contribution >= 4 is 72.2 Å². The minimum atomic E-state index is 1.11. The lowest BCUT2D eigenvalue weighted by Crippen LogP contribution is -2.10. The molecular weight excluding hydrogens is 691 g/mol. The lowest BCUT2D eigenvalue weighted by Gasteiger charge is -2.27. The van der Waals surface area contributed by atoms with Crippen LogP contribution >= 0.6 is 0 Å². The van der Waals surface area contributed by atoms with Gasteiger partial charge < -0.3 is 14.2 Å². The van der Waals surface area contributed by atoms with Crippen LogP contribution in [0.2, 0.25) is 0 Å². The van der Waals surface area contributed by atoms with E-state index >= 15 is 0 Å². The van der Waals surface area contributed by atoms with E-state index in [1.807, 2.05) is 0 Å². The van der Waals surface area contributed by atoms with Crippen LogP contribution in [0, 0.1) is 0 Å². The maximum atomic E-state index is 2.49. The maximum absolute atomic E-state index is 2.49. The fraction of sp³-hybridized carbons (Fsp3) is 0. The van der Waals surface area contributed by atoms with Gasteiger partial charge in [0.25, 0.3) is 0 Å². The van der Waals surface area contributed by atoms with E-state index in [2.05, 4.69) is 239 Å². The normalized spacial score (nSPS) is 11.5. The first kappa shape index (κ1) is 32.8. The van der Waals surface area contributed by atoms with Crippen LogP contribution in [0.25, 0.3) is 60.3 Å². The van der Waals surface area contributed by atoms with Crippen LogP contribution in [0.5, 0.6) is 0 Å². The third kappa shape index (κ3) is 5.43. The predicted molar refractivity (Wildman–Crippen MR) is 241 cm³/mol. The second-order valence-corrected chi connectivity index (χ2v) is 14.5. The molecule has 0 saturated heterocycles. The van der Waals surface area contributed by atoms with E-state index in [9.17, 15) is 0 Å². The number of aromatic nitrogens is 1. The summed E-state index contributed by atoms with van der Waals surface area (Å²) in [6.07, 6.45) is 0. The van der Waals surface area contributed by atoms with Crippen molar-refractivity contribution in [2.24, 2.45) is 0 Å². The summed E-state index contributed by atoms with van der Waals surface area (Å²) in [6.45, 7) is 0. The molecule has 0 amide bonds. The van der Waals surface area contributed by atoms with Crippen LogP contribution < -0.4 is 9.80 Å². The Kier molecular flexibility index (Phi) is 7.82. The number of rotatable bonds is 8. The molecule has 0 bridgehead atoms. The minimum absolute atomic E-state index is 1.11. The zero-order chi connectivity index (χ0) is 37.7. The molecule has 0 radical (unpaired) electrons. The van der Waals surface area contributed by atoms with Gasteiger partial charge in [-0.15, -0.1) is 0 Å². The maximum Gasteiger partial charge on any atom is 0.0622 e. The number of fused-ring (bicyclic) bond motifs is 6. The van der Waals surface area contributed by atoms with Crippen LogP contribution in [-0.4, -0.2) is 4.40 Å². The van der Waals surface area contributed by atoms with E-state index in [1.54, 1.807) is 0 Å². The summed E-state index contributed by atoms with van der Waals surface area (Å²) in [5.74, 6) is 0. The molecular formula is C54H37N3. The van der Waals surface area contributed by atoms with E-state index in [0.717, 1.165) is 34.1 Å². The first-order chi connectivity index (χ1) is 28.3. The average molecular weight is 728 g/mol. The van der Waals surface area contributed by atoms with E-state index in [4.69, 9.17) is 0 Å². The van der Waals surface area contributed by atoms with Gasteiger partial charge in [0.2, 0.25) is 0 Å². The fourth-order valence-electron chi connectivity index (χ4n) is 8.79. The molecule has 0 atom stereocenters. The van der Waals surface area contributed by atoms with Gasteiger partial charge in [-0.05, 0) is 95.1 Å². The molecule has 0 fully saturated rings. The molecule has 0 aliphatic rings. The molecule has 0 aliphatic carbocycles. The Morgan fingerprint density at radius 2 is 0.596 bits per heavy atom. The zero-order valence-corrected chi connectivity index (χ0v) is 31.2. The molecule has 0 unspecified atom stereocenters. The summed E-state index contributed by atoms with van der Waals surface area (Å²) in [5, 5.41) is 4.94. The van der Waals surface area contributed by atoms with Crippen molar-refractivity contribution in [2.45, 2.75) is 0 Å². The lowest BCUT2D eigenvalue weighted by molar-refractivity contribution is 1.29. The van der Waals surface area contributed by atoms with Crippen molar-refractivity contribution < 1.29 is 0 Å². The Morgan fingerprint density at radius 3 is 1.00 bits per heavy atom. The summed E-state index contributed by atoms with van der Waals surface area (Å²) in [6, 6.07) is 80.9. The van der Waals surface area contributed by atoms with E-state index < -0.39 is 0 Å². The van der Waals surface area contributed by atoms with E-state index in [-0.39, 0.29) is 0 Å². The molecule has 0 saturated carbocycles. The molecule has 2 aromatic heterocycles. The molecule has 3 heteroatoms. The third-order valence-electron chi connectivity index (χ3n) is 11.3. The summed E-state index contributed by atoms with van der Waals surface area (Å²) >= 11 is 0. The summed E-state index contributed by atoms with van der Waals surface area (Å²) < 4.78 is 2.49. The van der Waals surface area contributed by atoms with Gasteiger partial charge in [0.1, 0.15) is 0 Å². The van der Waals surface area contributed by atoms with Gasteiger partial charge in [-0.25, -0.2) is 0 Å². The SMILES string of the molecule is c1ccc(-c2ccc(N(c3ccccc3)c3cccc4c3c3cccc5c6c(N(c7ccccc7)c7ccc(-c8ccccc8)cc7)cccc6n4c35)cc2)cc1. The molecule has 0 spiro atoms. The Labute approximate surface area is 331 Å². The Balaban J connectivity index is 1.12. The monoisotopic (exact) mass is 727 g/mol. The van der Waals surface area contributed by atoms with Crippen molar-refractivity contribution in [2.75, 3.05) is 9.80 Å². The molecule has 11 aromatic rings. The van der Waals surface area contributed by atoms with Gasteiger partial charge in [-0.3, -0.25) is 0 Å². The highest BCUT2D eigenvalue weighted by molar-refractivity contribution is 6.28. The van der Waals surface area contributed by atoms with Gasteiger partial charge >= 0.3 is 0 Å². The molecule has 3 nitrogen and oxygen atoms in total. The van der Waals surface area contributed by atoms with E-state index in [1.165, 1.54) is 60.3 Å². The summed E-state index contributed by atoms with van der Waals surface area (Å²) in [5.41, 5.74) is 15.2. The molecule has 2 heterocycles. The van der Waals surface area contributed by atoms with Crippen LogP contribution in [-0.2, 0) is 0 Å². The third-order valence-corrected chi connectivity index (χ3v) is 11.3. The van der Waals surface area contributed by atoms with Gasteiger partial charge in [0.05, 0.1) is 27.9 Å². The van der Waals surface area contributed by atoms with Gasteiger partial charge in [-0.2, -0.15) is 0 Å². The number of hydrogen-bond acceptors (Lipinski definition) is 2. The molecule has 0 N–H and O–H groups in total. The Hall–Kier alpha value is -7.62. The number of anilines is 6. The quantitative estimate of drug-likeness (QED) is 0.154. The second-order valence-electron chi connectivity index (χ2n) is 14.5. The number of hydrogen-bond donors (Lipinski definition) is 0. The summed E-state index contributed by atoms with van der Waals surface area (Å²) in [7, 11) is 0. The number of para-hydroxylation sites is 3. The number of nitrogens with zero attached hydrogens (tertiary/aromatic N) is 3. The minimum Gasteiger partial charge on any atom is -0.310 e. The topological polar surface area (TPSA) is 10.9 Å². The van der Waals surface area contributed by atoms with Crippen LogP contribution in [0.15, 0.2) is 224 Å². The molecule has 9 aromatic carbocycles. The van der Waals surface area contributed by atoms with Crippen molar-refractivity contribution in [1.82, 2.24) is 4.40 Å². The van der Waals surface area contributed by atoms with Crippen molar-refractivity contribution in [1.29, 1.82) is 0 Å².